The van der Waals surface area contributed by atoms with Crippen molar-refractivity contribution in [1.29, 1.82) is 0 Å². The quantitative estimate of drug-likeness (QED) is 0.557. The first-order valence-electron chi connectivity index (χ1n) is 9.44. The molecule has 7 heteroatoms. The number of fused-ring (bicyclic) bond motifs is 1. The van der Waals surface area contributed by atoms with Gasteiger partial charge in [0.05, 0.1) is 11.8 Å². The van der Waals surface area contributed by atoms with Crippen molar-refractivity contribution in [3.05, 3.63) is 68.6 Å². The van der Waals surface area contributed by atoms with Gasteiger partial charge in [0.25, 0.3) is 5.91 Å². The van der Waals surface area contributed by atoms with E-state index >= 15 is 0 Å². The van der Waals surface area contributed by atoms with E-state index in [1.54, 1.807) is 18.2 Å². The van der Waals surface area contributed by atoms with E-state index in [9.17, 15) is 4.79 Å². The van der Waals surface area contributed by atoms with Crippen LogP contribution in [0.1, 0.15) is 28.8 Å². The van der Waals surface area contributed by atoms with Crippen LogP contribution in [0.15, 0.2) is 56.3 Å². The minimum Gasteiger partial charge on any atom is -0.438 e. The Labute approximate surface area is 181 Å². The molecule has 4 rings (SSSR count). The fraction of sp³-hybridized carbons (Fsp3) is 0.273. The summed E-state index contributed by atoms with van der Waals surface area (Å²) in [5.41, 5.74) is 2.85. The second-order valence-corrected chi connectivity index (χ2v) is 8.36. The lowest BCUT2D eigenvalue weighted by Gasteiger charge is -2.11. The minimum atomic E-state index is -0.240. The van der Waals surface area contributed by atoms with Crippen LogP contribution in [0.4, 0.5) is 5.69 Å². The molecule has 1 N–H and O–H groups in total. The molecule has 1 aliphatic heterocycles. The molecule has 5 nitrogen and oxygen atoms in total. The number of carbonyl (C=O) groups excluding carboxylic acids is 1. The molecule has 1 amide bonds. The van der Waals surface area contributed by atoms with Gasteiger partial charge >= 0.3 is 0 Å². The van der Waals surface area contributed by atoms with E-state index in [2.05, 4.69) is 26.2 Å². The lowest BCUT2D eigenvalue weighted by atomic mass is 10.1. The number of rotatable bonds is 4. The Balaban J connectivity index is 1.76. The lowest BCUT2D eigenvalue weighted by molar-refractivity contribution is 0.0854. The Hall–Kier alpha value is -2.15. The number of aryl methyl sites for hydroxylation is 1. The van der Waals surface area contributed by atoms with E-state index in [1.807, 2.05) is 31.2 Å². The first-order valence-corrected chi connectivity index (χ1v) is 10.6. The lowest BCUT2D eigenvalue weighted by Crippen LogP contribution is -2.34. The van der Waals surface area contributed by atoms with Crippen LogP contribution in [0.3, 0.4) is 0 Å². The van der Waals surface area contributed by atoms with E-state index in [0.717, 1.165) is 34.9 Å². The summed E-state index contributed by atoms with van der Waals surface area (Å²) in [6.07, 6.45) is 2.04. The molecule has 0 unspecified atom stereocenters. The van der Waals surface area contributed by atoms with Crippen molar-refractivity contribution in [3.63, 3.8) is 0 Å². The number of ether oxygens (including phenoxy) is 1. The van der Waals surface area contributed by atoms with Crippen LogP contribution in [0.2, 0.25) is 5.02 Å². The molecule has 0 spiro atoms. The van der Waals surface area contributed by atoms with Crippen LogP contribution in [0, 0.1) is 6.92 Å². The smallest absolute Gasteiger partial charge is 0.256 e. The maximum Gasteiger partial charge on any atom is 0.256 e. The maximum atomic E-state index is 12.9. The van der Waals surface area contributed by atoms with Gasteiger partial charge in [-0.05, 0) is 67.8 Å². The van der Waals surface area contributed by atoms with Crippen molar-refractivity contribution in [2.24, 2.45) is 4.99 Å². The highest BCUT2D eigenvalue weighted by atomic mass is 79.9. The van der Waals surface area contributed by atoms with Gasteiger partial charge in [0.1, 0.15) is 11.1 Å². The topological polar surface area (TPSA) is 63.8 Å². The largest absolute Gasteiger partial charge is 0.438 e. The van der Waals surface area contributed by atoms with Crippen LogP contribution in [-0.2, 0) is 4.74 Å². The van der Waals surface area contributed by atoms with Gasteiger partial charge < -0.3 is 14.5 Å². The first kappa shape index (κ1) is 20.1. The molecule has 0 saturated carbocycles. The van der Waals surface area contributed by atoms with Gasteiger partial charge in [-0.2, -0.15) is 0 Å². The van der Waals surface area contributed by atoms with Crippen LogP contribution in [0.5, 0.6) is 0 Å². The molecular weight excluding hydrogens is 456 g/mol. The Morgan fingerprint density at radius 2 is 2.14 bits per heavy atom. The zero-order valence-electron chi connectivity index (χ0n) is 15.9. The average Bonchev–Trinajstić information content (AvgIpc) is 3.22. The van der Waals surface area contributed by atoms with E-state index < -0.39 is 0 Å². The zero-order chi connectivity index (χ0) is 20.4. The van der Waals surface area contributed by atoms with Crippen molar-refractivity contribution in [2.75, 3.05) is 13.2 Å². The fourth-order valence-electron chi connectivity index (χ4n) is 3.27. The summed E-state index contributed by atoms with van der Waals surface area (Å²) in [5, 5.41) is 4.43. The maximum absolute atomic E-state index is 12.9. The number of nitrogens with one attached hydrogen (secondary N) is 1. The first-order chi connectivity index (χ1) is 14.0. The third-order valence-electron chi connectivity index (χ3n) is 4.84. The van der Waals surface area contributed by atoms with Gasteiger partial charge in [-0.1, -0.05) is 27.5 Å². The number of amides is 1. The Morgan fingerprint density at radius 3 is 2.90 bits per heavy atom. The SMILES string of the molecule is Cc1cc(N=c2oc3ccc(Br)cc3cc2C(=O)NC[C@@H]2CCCO2)ccc1Cl. The summed E-state index contributed by atoms with van der Waals surface area (Å²) < 4.78 is 12.5. The number of hydrogen-bond donors (Lipinski definition) is 1. The van der Waals surface area contributed by atoms with Gasteiger partial charge in [-0.15, -0.1) is 0 Å². The number of carbonyl (C=O) groups is 1. The second-order valence-electron chi connectivity index (χ2n) is 7.04. The van der Waals surface area contributed by atoms with Crippen molar-refractivity contribution in [3.8, 4) is 0 Å². The molecule has 0 radical (unpaired) electrons. The molecule has 1 aliphatic rings. The third kappa shape index (κ3) is 4.71. The van der Waals surface area contributed by atoms with E-state index in [0.29, 0.717) is 28.4 Å². The van der Waals surface area contributed by atoms with Crippen LogP contribution < -0.4 is 10.9 Å². The standard InChI is InChI=1S/C22H20BrClN2O3/c1-13-9-16(5-6-19(13)24)26-22-18(21(27)25-12-17-3-2-8-28-17)11-14-10-15(23)4-7-20(14)29-22/h4-7,9-11,17H,2-3,8,12H2,1H3,(H,25,27)/t17-/m0/s1. The monoisotopic (exact) mass is 474 g/mol. The predicted molar refractivity (Wildman–Crippen MR) is 117 cm³/mol. The number of hydrogen-bond acceptors (Lipinski definition) is 4. The highest BCUT2D eigenvalue weighted by Crippen LogP contribution is 2.23. The molecular formula is C22H20BrClN2O3. The molecule has 3 aromatic rings. The second kappa shape index (κ2) is 8.69. The Kier molecular flexibility index (Phi) is 6.04. The fourth-order valence-corrected chi connectivity index (χ4v) is 3.77. The summed E-state index contributed by atoms with van der Waals surface area (Å²) in [6.45, 7) is 3.12. The summed E-state index contributed by atoms with van der Waals surface area (Å²) >= 11 is 9.58. The zero-order valence-corrected chi connectivity index (χ0v) is 18.2. The van der Waals surface area contributed by atoms with Gasteiger partial charge in [-0.25, -0.2) is 4.99 Å². The van der Waals surface area contributed by atoms with Gasteiger partial charge in [-0.3, -0.25) is 4.79 Å². The van der Waals surface area contributed by atoms with Gasteiger partial charge in [0, 0.05) is 28.0 Å². The molecule has 1 fully saturated rings. The van der Waals surface area contributed by atoms with E-state index in [4.69, 9.17) is 20.8 Å². The molecule has 29 heavy (non-hydrogen) atoms. The van der Waals surface area contributed by atoms with Crippen molar-refractivity contribution < 1.29 is 13.9 Å². The van der Waals surface area contributed by atoms with Crippen molar-refractivity contribution >= 4 is 50.1 Å². The van der Waals surface area contributed by atoms with Crippen molar-refractivity contribution in [1.82, 2.24) is 5.32 Å². The normalized spacial score (nSPS) is 17.1. The van der Waals surface area contributed by atoms with Crippen molar-refractivity contribution in [2.45, 2.75) is 25.9 Å². The molecule has 150 valence electrons. The van der Waals surface area contributed by atoms with Gasteiger partial charge in [0.15, 0.2) is 0 Å². The van der Waals surface area contributed by atoms with Crippen LogP contribution >= 0.6 is 27.5 Å². The number of nitrogens with zero attached hydrogens (tertiary/aromatic N) is 1. The number of benzene rings is 2. The highest BCUT2D eigenvalue weighted by Gasteiger charge is 2.18. The van der Waals surface area contributed by atoms with Crippen LogP contribution in [0.25, 0.3) is 11.0 Å². The summed E-state index contributed by atoms with van der Waals surface area (Å²) in [6, 6.07) is 12.9. The third-order valence-corrected chi connectivity index (χ3v) is 5.76. The Morgan fingerprint density at radius 1 is 1.28 bits per heavy atom. The molecule has 0 aliphatic carbocycles. The van der Waals surface area contributed by atoms with Gasteiger partial charge in [0.2, 0.25) is 5.55 Å². The summed E-state index contributed by atoms with van der Waals surface area (Å²) in [7, 11) is 0. The molecule has 2 aromatic carbocycles. The molecule has 2 heterocycles. The molecule has 1 atom stereocenters. The van der Waals surface area contributed by atoms with Crippen LogP contribution in [-0.4, -0.2) is 25.2 Å². The Bertz CT molecular complexity index is 1140. The predicted octanol–water partition coefficient (Wildman–Crippen LogP) is 5.30. The number of halogens is 2. The molecule has 1 aromatic heterocycles. The average molecular weight is 476 g/mol. The summed E-state index contributed by atoms with van der Waals surface area (Å²) in [5.74, 6) is -0.240. The van der Waals surface area contributed by atoms with E-state index in [-0.39, 0.29) is 17.6 Å². The molecule has 0 bridgehead atoms. The van der Waals surface area contributed by atoms with E-state index in [1.165, 1.54) is 0 Å². The minimum absolute atomic E-state index is 0.0600. The molecule has 1 saturated heterocycles. The summed E-state index contributed by atoms with van der Waals surface area (Å²) in [4.78, 5) is 17.5. The highest BCUT2D eigenvalue weighted by molar-refractivity contribution is 9.10.